The lowest BCUT2D eigenvalue weighted by Crippen LogP contribution is -2.14. The van der Waals surface area contributed by atoms with E-state index in [2.05, 4.69) is 22.8 Å². The molecule has 154 valence electrons. The summed E-state index contributed by atoms with van der Waals surface area (Å²) in [6, 6.07) is 24.3. The summed E-state index contributed by atoms with van der Waals surface area (Å²) in [5, 5.41) is 5.71. The van der Waals surface area contributed by atoms with Crippen molar-refractivity contribution in [3.8, 4) is 5.75 Å². The van der Waals surface area contributed by atoms with Gasteiger partial charge in [0.1, 0.15) is 5.75 Å². The SMILES string of the molecule is CCCC(=O)Nc1ccc(NC(=O)c2ccccc2OCCc2ccccc2)cc1. The molecule has 0 saturated carbocycles. The summed E-state index contributed by atoms with van der Waals surface area (Å²) in [6.45, 7) is 2.45. The average molecular weight is 402 g/mol. The summed E-state index contributed by atoms with van der Waals surface area (Å²) in [5.41, 5.74) is 3.01. The first-order valence-corrected chi connectivity index (χ1v) is 10.1. The van der Waals surface area contributed by atoms with Crippen LogP contribution >= 0.6 is 0 Å². The van der Waals surface area contributed by atoms with Gasteiger partial charge in [-0.2, -0.15) is 0 Å². The van der Waals surface area contributed by atoms with Gasteiger partial charge in [0.2, 0.25) is 5.91 Å². The van der Waals surface area contributed by atoms with Gasteiger partial charge in [-0.1, -0.05) is 49.4 Å². The predicted octanol–water partition coefficient (Wildman–Crippen LogP) is 5.30. The smallest absolute Gasteiger partial charge is 0.259 e. The molecule has 5 heteroatoms. The Labute approximate surface area is 177 Å². The molecule has 0 heterocycles. The predicted molar refractivity (Wildman–Crippen MR) is 120 cm³/mol. The lowest BCUT2D eigenvalue weighted by atomic mass is 10.1. The minimum absolute atomic E-state index is 0.0177. The minimum atomic E-state index is -0.243. The van der Waals surface area contributed by atoms with Crippen molar-refractivity contribution < 1.29 is 14.3 Å². The number of hydrogen-bond acceptors (Lipinski definition) is 3. The number of benzene rings is 3. The zero-order valence-electron chi connectivity index (χ0n) is 17.1. The first-order chi connectivity index (χ1) is 14.7. The molecule has 0 unspecified atom stereocenters. The number of nitrogens with one attached hydrogen (secondary N) is 2. The van der Waals surface area contributed by atoms with Crippen molar-refractivity contribution in [2.45, 2.75) is 26.2 Å². The largest absolute Gasteiger partial charge is 0.492 e. The third kappa shape index (κ3) is 6.21. The molecular weight excluding hydrogens is 376 g/mol. The number of anilines is 2. The zero-order valence-corrected chi connectivity index (χ0v) is 17.1. The van der Waals surface area contributed by atoms with E-state index in [4.69, 9.17) is 4.74 Å². The fourth-order valence-corrected chi connectivity index (χ4v) is 2.99. The molecule has 0 spiro atoms. The van der Waals surface area contributed by atoms with Crippen LogP contribution in [-0.2, 0) is 11.2 Å². The van der Waals surface area contributed by atoms with Crippen LogP contribution in [0.1, 0.15) is 35.7 Å². The van der Waals surface area contributed by atoms with Crippen molar-refractivity contribution in [2.24, 2.45) is 0 Å². The van der Waals surface area contributed by atoms with E-state index < -0.39 is 0 Å². The normalized spacial score (nSPS) is 10.3. The van der Waals surface area contributed by atoms with Gasteiger partial charge in [-0.15, -0.1) is 0 Å². The molecule has 30 heavy (non-hydrogen) atoms. The number of rotatable bonds is 9. The monoisotopic (exact) mass is 402 g/mol. The van der Waals surface area contributed by atoms with Crippen LogP contribution in [0.2, 0.25) is 0 Å². The maximum Gasteiger partial charge on any atom is 0.259 e. The Morgan fingerprint density at radius 3 is 2.13 bits per heavy atom. The second-order valence-corrected chi connectivity index (χ2v) is 6.91. The van der Waals surface area contributed by atoms with Crippen molar-refractivity contribution in [1.82, 2.24) is 0 Å². The Kier molecular flexibility index (Phi) is 7.61. The van der Waals surface area contributed by atoms with Crippen LogP contribution in [0.3, 0.4) is 0 Å². The molecule has 0 aromatic heterocycles. The Hall–Kier alpha value is -3.60. The molecule has 3 aromatic rings. The fraction of sp³-hybridized carbons (Fsp3) is 0.200. The maximum absolute atomic E-state index is 12.8. The van der Waals surface area contributed by atoms with E-state index >= 15 is 0 Å². The molecule has 0 fully saturated rings. The summed E-state index contributed by atoms with van der Waals surface area (Å²) < 4.78 is 5.88. The Morgan fingerprint density at radius 2 is 1.43 bits per heavy atom. The molecule has 0 atom stereocenters. The van der Waals surface area contributed by atoms with Gasteiger partial charge in [-0.3, -0.25) is 9.59 Å². The molecule has 3 aromatic carbocycles. The number of hydrogen-bond donors (Lipinski definition) is 2. The maximum atomic E-state index is 12.8. The summed E-state index contributed by atoms with van der Waals surface area (Å²) in [5.74, 6) is 0.290. The molecule has 0 saturated heterocycles. The van der Waals surface area contributed by atoms with Crippen molar-refractivity contribution in [3.05, 3.63) is 90.0 Å². The molecule has 0 radical (unpaired) electrons. The van der Waals surface area contributed by atoms with Gasteiger partial charge in [-0.05, 0) is 48.4 Å². The molecule has 0 aliphatic carbocycles. The average Bonchev–Trinajstić information content (AvgIpc) is 2.76. The lowest BCUT2D eigenvalue weighted by molar-refractivity contribution is -0.116. The lowest BCUT2D eigenvalue weighted by Gasteiger charge is -2.12. The molecular formula is C25H26N2O3. The van der Waals surface area contributed by atoms with Crippen LogP contribution in [0.4, 0.5) is 11.4 Å². The fourth-order valence-electron chi connectivity index (χ4n) is 2.99. The van der Waals surface area contributed by atoms with E-state index in [9.17, 15) is 9.59 Å². The van der Waals surface area contributed by atoms with Crippen molar-refractivity contribution in [3.63, 3.8) is 0 Å². The van der Waals surface area contributed by atoms with Crippen LogP contribution in [0.15, 0.2) is 78.9 Å². The van der Waals surface area contributed by atoms with Gasteiger partial charge in [0.15, 0.2) is 0 Å². The van der Waals surface area contributed by atoms with E-state index in [1.807, 2.05) is 37.3 Å². The minimum Gasteiger partial charge on any atom is -0.492 e. The zero-order chi connectivity index (χ0) is 21.2. The number of ether oxygens (including phenoxy) is 1. The third-order valence-corrected chi connectivity index (χ3v) is 4.53. The number of carbonyl (C=O) groups excluding carboxylic acids is 2. The van der Waals surface area contributed by atoms with E-state index in [1.54, 1.807) is 36.4 Å². The van der Waals surface area contributed by atoms with Crippen molar-refractivity contribution >= 4 is 23.2 Å². The molecule has 0 aliphatic heterocycles. The third-order valence-electron chi connectivity index (χ3n) is 4.53. The van der Waals surface area contributed by atoms with Gasteiger partial charge < -0.3 is 15.4 Å². The standard InChI is InChI=1S/C25H26N2O3/c1-2-8-24(28)26-20-13-15-21(16-14-20)27-25(29)22-11-6-7-12-23(22)30-18-17-19-9-4-3-5-10-19/h3-7,9-16H,2,8,17-18H2,1H3,(H,26,28)(H,27,29). The number of carbonyl (C=O) groups is 2. The van der Waals surface area contributed by atoms with Crippen molar-refractivity contribution in [1.29, 1.82) is 0 Å². The summed E-state index contributed by atoms with van der Waals surface area (Å²) in [4.78, 5) is 24.4. The molecule has 5 nitrogen and oxygen atoms in total. The summed E-state index contributed by atoms with van der Waals surface area (Å²) in [6.07, 6.45) is 2.05. The van der Waals surface area contributed by atoms with E-state index in [0.29, 0.717) is 35.7 Å². The van der Waals surface area contributed by atoms with Crippen molar-refractivity contribution in [2.75, 3.05) is 17.2 Å². The van der Waals surface area contributed by atoms with E-state index in [1.165, 1.54) is 5.56 Å². The molecule has 3 rings (SSSR count). The van der Waals surface area contributed by atoms with Crippen LogP contribution < -0.4 is 15.4 Å². The number of para-hydroxylation sites is 1. The van der Waals surface area contributed by atoms with Gasteiger partial charge >= 0.3 is 0 Å². The highest BCUT2D eigenvalue weighted by molar-refractivity contribution is 6.06. The summed E-state index contributed by atoms with van der Waals surface area (Å²) >= 11 is 0. The second-order valence-electron chi connectivity index (χ2n) is 6.91. The highest BCUT2D eigenvalue weighted by atomic mass is 16.5. The molecule has 0 aliphatic rings. The van der Waals surface area contributed by atoms with Crippen LogP contribution in [0.5, 0.6) is 5.75 Å². The highest BCUT2D eigenvalue weighted by Gasteiger charge is 2.12. The molecule has 2 amide bonds. The number of amides is 2. The molecule has 0 bridgehead atoms. The van der Waals surface area contributed by atoms with Gasteiger partial charge in [-0.25, -0.2) is 0 Å². The Balaban J connectivity index is 1.59. The Morgan fingerprint density at radius 1 is 0.800 bits per heavy atom. The quantitative estimate of drug-likeness (QED) is 0.510. The Bertz CT molecular complexity index is 969. The van der Waals surface area contributed by atoms with Gasteiger partial charge in [0.25, 0.3) is 5.91 Å². The topological polar surface area (TPSA) is 67.4 Å². The van der Waals surface area contributed by atoms with Crippen LogP contribution in [0.25, 0.3) is 0 Å². The van der Waals surface area contributed by atoms with E-state index in [-0.39, 0.29) is 11.8 Å². The molecule has 2 N–H and O–H groups in total. The van der Waals surface area contributed by atoms with Crippen LogP contribution in [-0.4, -0.2) is 18.4 Å². The first kappa shape index (κ1) is 21.1. The van der Waals surface area contributed by atoms with Gasteiger partial charge in [0, 0.05) is 24.2 Å². The highest BCUT2D eigenvalue weighted by Crippen LogP contribution is 2.21. The first-order valence-electron chi connectivity index (χ1n) is 10.1. The van der Waals surface area contributed by atoms with Crippen LogP contribution in [0, 0.1) is 0 Å². The van der Waals surface area contributed by atoms with E-state index in [0.717, 1.165) is 12.8 Å². The summed E-state index contributed by atoms with van der Waals surface area (Å²) in [7, 11) is 0. The second kappa shape index (κ2) is 10.8. The van der Waals surface area contributed by atoms with Gasteiger partial charge in [0.05, 0.1) is 12.2 Å².